The summed E-state index contributed by atoms with van der Waals surface area (Å²) < 4.78 is 0. The van der Waals surface area contributed by atoms with Crippen molar-refractivity contribution in [3.63, 3.8) is 0 Å². The lowest BCUT2D eigenvalue weighted by atomic mass is 10.00. The molecular weight excluding hydrogens is 200 g/mol. The number of Topliss-reactive ketones (excluding diaryl/α,β-unsaturated/α-hetero) is 1. The van der Waals surface area contributed by atoms with Crippen molar-refractivity contribution in [2.24, 2.45) is 11.7 Å². The third-order valence-electron chi connectivity index (χ3n) is 2.61. The maximum absolute atomic E-state index is 11.0. The number of rotatable bonds is 6. The first-order chi connectivity index (χ1) is 7.59. The van der Waals surface area contributed by atoms with Crippen molar-refractivity contribution in [2.45, 2.75) is 26.3 Å². The van der Waals surface area contributed by atoms with E-state index >= 15 is 0 Å². The summed E-state index contributed by atoms with van der Waals surface area (Å²) >= 11 is 0. The average molecular weight is 220 g/mol. The molecule has 3 nitrogen and oxygen atoms in total. The minimum Gasteiger partial charge on any atom is -0.385 e. The minimum absolute atomic E-state index is 0.0616. The Balaban J connectivity index is 2.30. The van der Waals surface area contributed by atoms with Crippen LogP contribution >= 0.6 is 0 Å². The first-order valence-electron chi connectivity index (χ1n) is 5.64. The number of hydrogen-bond donors (Lipinski definition) is 2. The van der Waals surface area contributed by atoms with Gasteiger partial charge >= 0.3 is 0 Å². The van der Waals surface area contributed by atoms with E-state index in [0.29, 0.717) is 5.92 Å². The van der Waals surface area contributed by atoms with Crippen LogP contribution in [-0.2, 0) is 4.79 Å². The second-order valence-corrected chi connectivity index (χ2v) is 4.30. The number of carbonyl (C=O) groups excluding carboxylic acids is 1. The third-order valence-corrected chi connectivity index (χ3v) is 2.61. The normalized spacial score (nSPS) is 14.2. The van der Waals surface area contributed by atoms with E-state index in [0.717, 1.165) is 18.7 Å². The Bertz CT molecular complexity index is 324. The first-order valence-corrected chi connectivity index (χ1v) is 5.64. The molecule has 88 valence electrons. The van der Waals surface area contributed by atoms with Gasteiger partial charge in [0.2, 0.25) is 0 Å². The molecule has 1 aromatic rings. The number of para-hydroxylation sites is 1. The van der Waals surface area contributed by atoms with Crippen molar-refractivity contribution in [1.82, 2.24) is 0 Å². The van der Waals surface area contributed by atoms with Crippen molar-refractivity contribution >= 4 is 11.5 Å². The molecule has 0 bridgehead atoms. The summed E-state index contributed by atoms with van der Waals surface area (Å²) in [6.07, 6.45) is 0.731. The van der Waals surface area contributed by atoms with Crippen molar-refractivity contribution in [3.05, 3.63) is 30.3 Å². The maximum atomic E-state index is 11.0. The van der Waals surface area contributed by atoms with Crippen LogP contribution in [0.1, 0.15) is 20.3 Å². The van der Waals surface area contributed by atoms with Crippen molar-refractivity contribution in [2.75, 3.05) is 11.9 Å². The molecule has 0 amide bonds. The van der Waals surface area contributed by atoms with Gasteiger partial charge in [0, 0.05) is 12.2 Å². The van der Waals surface area contributed by atoms with Gasteiger partial charge in [-0.3, -0.25) is 4.79 Å². The molecule has 2 atom stereocenters. The molecule has 1 rings (SSSR count). The quantitative estimate of drug-likeness (QED) is 0.771. The molecule has 0 radical (unpaired) electrons. The highest BCUT2D eigenvalue weighted by atomic mass is 16.1. The lowest BCUT2D eigenvalue weighted by Crippen LogP contribution is -2.31. The first kappa shape index (κ1) is 12.7. The second kappa shape index (κ2) is 6.28. The molecule has 0 aromatic heterocycles. The molecule has 0 aliphatic heterocycles. The number of nitrogens with one attached hydrogen (secondary N) is 1. The summed E-state index contributed by atoms with van der Waals surface area (Å²) in [5.41, 5.74) is 6.81. The van der Waals surface area contributed by atoms with Crippen LogP contribution in [0.5, 0.6) is 0 Å². The second-order valence-electron chi connectivity index (χ2n) is 4.30. The lowest BCUT2D eigenvalue weighted by molar-refractivity contribution is -0.118. The third kappa shape index (κ3) is 4.45. The van der Waals surface area contributed by atoms with E-state index in [1.54, 1.807) is 6.92 Å². The van der Waals surface area contributed by atoms with Crippen LogP contribution in [0.3, 0.4) is 0 Å². The molecule has 1 aromatic carbocycles. The topological polar surface area (TPSA) is 55.1 Å². The van der Waals surface area contributed by atoms with Gasteiger partial charge in [-0.1, -0.05) is 25.1 Å². The number of hydrogen-bond acceptors (Lipinski definition) is 3. The Kier molecular flexibility index (Phi) is 4.99. The van der Waals surface area contributed by atoms with Gasteiger partial charge in [0.05, 0.1) is 6.04 Å². The fraction of sp³-hybridized carbons (Fsp3) is 0.462. The molecule has 0 saturated heterocycles. The molecule has 0 spiro atoms. The van der Waals surface area contributed by atoms with Crippen LogP contribution in [0.25, 0.3) is 0 Å². The predicted octanol–water partition coefficient (Wildman–Crippen LogP) is 2.04. The van der Waals surface area contributed by atoms with E-state index in [4.69, 9.17) is 5.73 Å². The largest absolute Gasteiger partial charge is 0.385 e. The van der Waals surface area contributed by atoms with Gasteiger partial charge in [0.25, 0.3) is 0 Å². The van der Waals surface area contributed by atoms with Crippen LogP contribution in [-0.4, -0.2) is 18.4 Å². The van der Waals surface area contributed by atoms with Gasteiger partial charge in [-0.25, -0.2) is 0 Å². The summed E-state index contributed by atoms with van der Waals surface area (Å²) in [5, 5.41) is 3.32. The van der Waals surface area contributed by atoms with E-state index in [1.807, 2.05) is 30.3 Å². The van der Waals surface area contributed by atoms with Gasteiger partial charge < -0.3 is 11.1 Å². The number of ketones is 1. The molecule has 3 N–H and O–H groups in total. The van der Waals surface area contributed by atoms with Crippen LogP contribution < -0.4 is 11.1 Å². The Morgan fingerprint density at radius 3 is 2.56 bits per heavy atom. The van der Waals surface area contributed by atoms with E-state index in [2.05, 4.69) is 12.2 Å². The molecule has 0 aliphatic rings. The predicted molar refractivity (Wildman–Crippen MR) is 67.4 cm³/mol. The summed E-state index contributed by atoms with van der Waals surface area (Å²) in [5.74, 6) is 0.450. The molecule has 0 saturated carbocycles. The van der Waals surface area contributed by atoms with Gasteiger partial charge in [-0.2, -0.15) is 0 Å². The summed E-state index contributed by atoms with van der Waals surface area (Å²) in [6, 6.07) is 9.70. The van der Waals surface area contributed by atoms with Gasteiger partial charge in [-0.15, -0.1) is 0 Å². The highest BCUT2D eigenvalue weighted by Crippen LogP contribution is 2.09. The molecule has 0 heterocycles. The molecule has 0 fully saturated rings. The summed E-state index contributed by atoms with van der Waals surface area (Å²) in [4.78, 5) is 11.0. The van der Waals surface area contributed by atoms with E-state index < -0.39 is 0 Å². The Morgan fingerprint density at radius 2 is 2.00 bits per heavy atom. The maximum Gasteiger partial charge on any atom is 0.146 e. The van der Waals surface area contributed by atoms with Crippen molar-refractivity contribution in [1.29, 1.82) is 0 Å². The molecule has 16 heavy (non-hydrogen) atoms. The number of benzene rings is 1. The highest BCUT2D eigenvalue weighted by Gasteiger charge is 2.12. The van der Waals surface area contributed by atoms with Crippen molar-refractivity contribution in [3.8, 4) is 0 Å². The van der Waals surface area contributed by atoms with Gasteiger partial charge in [0.15, 0.2) is 0 Å². The van der Waals surface area contributed by atoms with Crippen molar-refractivity contribution < 1.29 is 4.79 Å². The van der Waals surface area contributed by atoms with E-state index in [9.17, 15) is 4.79 Å². The van der Waals surface area contributed by atoms with Crippen LogP contribution in [0.4, 0.5) is 5.69 Å². The Hall–Kier alpha value is -1.35. The highest BCUT2D eigenvalue weighted by molar-refractivity contribution is 5.81. The van der Waals surface area contributed by atoms with Gasteiger partial charge in [-0.05, 0) is 31.4 Å². The molecular formula is C13H20N2O. The van der Waals surface area contributed by atoms with Crippen LogP contribution in [0, 0.1) is 5.92 Å². The SMILES string of the molecule is CC(=O)[C@@H](N)C[C@@H](C)CNc1ccccc1. The van der Waals surface area contributed by atoms with Crippen LogP contribution in [0.2, 0.25) is 0 Å². The average Bonchev–Trinajstić information content (AvgIpc) is 2.27. The van der Waals surface area contributed by atoms with E-state index in [1.165, 1.54) is 0 Å². The molecule has 3 heteroatoms. The Morgan fingerprint density at radius 1 is 1.38 bits per heavy atom. The Labute approximate surface area is 97.0 Å². The lowest BCUT2D eigenvalue weighted by Gasteiger charge is -2.16. The zero-order valence-electron chi connectivity index (χ0n) is 9.94. The monoisotopic (exact) mass is 220 g/mol. The fourth-order valence-corrected chi connectivity index (χ4v) is 1.53. The molecule has 0 unspecified atom stereocenters. The summed E-state index contributed by atoms with van der Waals surface area (Å²) in [7, 11) is 0. The van der Waals surface area contributed by atoms with Gasteiger partial charge in [0.1, 0.15) is 5.78 Å². The fourth-order valence-electron chi connectivity index (χ4n) is 1.53. The molecule has 0 aliphatic carbocycles. The number of nitrogens with two attached hydrogens (primary N) is 1. The van der Waals surface area contributed by atoms with Crippen LogP contribution in [0.15, 0.2) is 30.3 Å². The zero-order chi connectivity index (χ0) is 12.0. The number of carbonyl (C=O) groups is 1. The number of anilines is 1. The standard InChI is InChI=1S/C13H20N2O/c1-10(8-13(14)11(2)16)9-15-12-6-4-3-5-7-12/h3-7,10,13,15H,8-9,14H2,1-2H3/t10-,13+/m1/s1. The van der Waals surface area contributed by atoms with E-state index in [-0.39, 0.29) is 11.8 Å². The minimum atomic E-state index is -0.326. The smallest absolute Gasteiger partial charge is 0.146 e. The summed E-state index contributed by atoms with van der Waals surface area (Å²) in [6.45, 7) is 4.48. The zero-order valence-corrected chi connectivity index (χ0v) is 9.94.